The molecule has 1 unspecified atom stereocenters. The fourth-order valence-electron chi connectivity index (χ4n) is 1.71. The molecule has 90 valence electrons. The normalized spacial score (nSPS) is 12.9. The summed E-state index contributed by atoms with van der Waals surface area (Å²) in [4.78, 5) is 19.2. The maximum atomic E-state index is 10.6. The van der Waals surface area contributed by atoms with E-state index in [0.717, 1.165) is 17.0 Å². The summed E-state index contributed by atoms with van der Waals surface area (Å²) in [5.74, 6) is -0.0637. The van der Waals surface area contributed by atoms with Gasteiger partial charge < -0.3 is 15.4 Å². The number of fused-ring (bicyclic) bond motifs is 1. The second-order valence-corrected chi connectivity index (χ2v) is 4.03. The molecule has 0 spiro atoms. The maximum Gasteiger partial charge on any atom is 0.305 e. The minimum absolute atomic E-state index is 0.112. The van der Waals surface area contributed by atoms with Crippen molar-refractivity contribution in [2.24, 2.45) is 12.8 Å². The van der Waals surface area contributed by atoms with Crippen molar-refractivity contribution in [2.45, 2.75) is 19.4 Å². The molecule has 2 rings (SSSR count). The Kier molecular flexibility index (Phi) is 2.81. The Labute approximate surface area is 98.1 Å². The Balaban J connectivity index is 2.41. The van der Waals surface area contributed by atoms with Crippen molar-refractivity contribution in [1.29, 1.82) is 0 Å². The van der Waals surface area contributed by atoms with E-state index in [1.807, 2.05) is 18.5 Å². The van der Waals surface area contributed by atoms with Crippen molar-refractivity contribution in [2.75, 3.05) is 0 Å². The second-order valence-electron chi connectivity index (χ2n) is 4.03. The second kappa shape index (κ2) is 4.14. The molecule has 0 aliphatic rings. The fourth-order valence-corrected chi connectivity index (χ4v) is 1.71. The summed E-state index contributed by atoms with van der Waals surface area (Å²) in [5, 5.41) is 8.69. The largest absolute Gasteiger partial charge is 0.481 e. The molecule has 0 aromatic carbocycles. The molecule has 0 aliphatic heterocycles. The monoisotopic (exact) mass is 234 g/mol. The molecule has 17 heavy (non-hydrogen) atoms. The lowest BCUT2D eigenvalue weighted by molar-refractivity contribution is -0.137. The van der Waals surface area contributed by atoms with Crippen molar-refractivity contribution < 1.29 is 9.90 Å². The van der Waals surface area contributed by atoms with Crippen LogP contribution >= 0.6 is 0 Å². The zero-order chi connectivity index (χ0) is 12.6. The summed E-state index contributed by atoms with van der Waals surface area (Å²) in [7, 11) is 1.88. The van der Waals surface area contributed by atoms with Crippen LogP contribution in [0, 0.1) is 6.92 Å². The molecule has 0 aliphatic carbocycles. The third kappa shape index (κ3) is 2.12. The van der Waals surface area contributed by atoms with Gasteiger partial charge in [-0.2, -0.15) is 0 Å². The summed E-state index contributed by atoms with van der Waals surface area (Å²) in [6.07, 6.45) is 1.50. The molecule has 6 nitrogen and oxygen atoms in total. The average Bonchev–Trinajstić information content (AvgIpc) is 2.53. The highest BCUT2D eigenvalue weighted by molar-refractivity contribution is 5.73. The number of carboxylic acid groups (broad SMARTS) is 1. The van der Waals surface area contributed by atoms with E-state index in [1.54, 1.807) is 12.3 Å². The quantitative estimate of drug-likeness (QED) is 0.817. The van der Waals surface area contributed by atoms with E-state index in [9.17, 15) is 4.79 Å². The number of imidazole rings is 1. The highest BCUT2D eigenvalue weighted by Gasteiger charge is 2.13. The van der Waals surface area contributed by atoms with E-state index in [2.05, 4.69) is 9.97 Å². The minimum Gasteiger partial charge on any atom is -0.481 e. The van der Waals surface area contributed by atoms with Crippen LogP contribution in [0.3, 0.4) is 0 Å². The lowest BCUT2D eigenvalue weighted by Gasteiger charge is -2.08. The van der Waals surface area contributed by atoms with E-state index in [4.69, 9.17) is 10.8 Å². The number of hydrogen-bond acceptors (Lipinski definition) is 4. The molecular formula is C11H14N4O2. The fraction of sp³-hybridized carbons (Fsp3) is 0.364. The summed E-state index contributed by atoms with van der Waals surface area (Å²) in [6.45, 7) is 1.89. The predicted octanol–water partition coefficient (Wildman–Crippen LogP) is 0.751. The number of nitrogens with zero attached hydrogens (tertiary/aromatic N) is 3. The Morgan fingerprint density at radius 1 is 1.65 bits per heavy atom. The number of aryl methyl sites for hydroxylation is 2. The first kappa shape index (κ1) is 11.5. The van der Waals surface area contributed by atoms with Crippen molar-refractivity contribution >= 4 is 17.1 Å². The predicted molar refractivity (Wildman–Crippen MR) is 62.4 cm³/mol. The summed E-state index contributed by atoms with van der Waals surface area (Å²) in [6, 6.07) is 1.25. The molecule has 2 aromatic rings. The van der Waals surface area contributed by atoms with Gasteiger partial charge in [0.05, 0.1) is 6.42 Å². The van der Waals surface area contributed by atoms with Crippen LogP contribution in [-0.2, 0) is 11.8 Å². The molecule has 0 amide bonds. The van der Waals surface area contributed by atoms with Crippen LogP contribution in [0.4, 0.5) is 0 Å². The SMILES string of the molecule is Cc1nc2cc(C(N)CC(=O)O)cnc2n1C. The highest BCUT2D eigenvalue weighted by Crippen LogP contribution is 2.18. The molecule has 1 atom stereocenters. The number of hydrogen-bond donors (Lipinski definition) is 2. The third-order valence-electron chi connectivity index (χ3n) is 2.78. The molecule has 2 heterocycles. The Hall–Kier alpha value is -1.95. The van der Waals surface area contributed by atoms with Gasteiger partial charge in [-0.25, -0.2) is 9.97 Å². The van der Waals surface area contributed by atoms with Crippen LogP contribution in [0.5, 0.6) is 0 Å². The van der Waals surface area contributed by atoms with Gasteiger partial charge in [0.25, 0.3) is 0 Å². The van der Waals surface area contributed by atoms with Gasteiger partial charge in [-0.1, -0.05) is 0 Å². The van der Waals surface area contributed by atoms with Crippen molar-refractivity contribution in [3.63, 3.8) is 0 Å². The number of rotatable bonds is 3. The molecule has 0 fully saturated rings. The number of carboxylic acids is 1. The topological polar surface area (TPSA) is 94.0 Å². The Morgan fingerprint density at radius 3 is 3.00 bits per heavy atom. The zero-order valence-corrected chi connectivity index (χ0v) is 9.71. The molecule has 0 bridgehead atoms. The summed E-state index contributed by atoms with van der Waals surface area (Å²) >= 11 is 0. The number of nitrogens with two attached hydrogens (primary N) is 1. The number of aromatic nitrogens is 3. The Morgan fingerprint density at radius 2 is 2.35 bits per heavy atom. The summed E-state index contributed by atoms with van der Waals surface area (Å²) in [5.41, 5.74) is 7.98. The van der Waals surface area contributed by atoms with Crippen LogP contribution in [0.2, 0.25) is 0 Å². The first-order chi connectivity index (χ1) is 7.99. The molecule has 0 saturated heterocycles. The molecule has 2 aromatic heterocycles. The summed E-state index contributed by atoms with van der Waals surface area (Å²) < 4.78 is 1.88. The van der Waals surface area contributed by atoms with Gasteiger partial charge in [0.2, 0.25) is 0 Å². The van der Waals surface area contributed by atoms with Crippen molar-refractivity contribution in [3.8, 4) is 0 Å². The average molecular weight is 234 g/mol. The van der Waals surface area contributed by atoms with Crippen LogP contribution in [0.1, 0.15) is 23.9 Å². The Bertz CT molecular complexity index is 576. The van der Waals surface area contributed by atoms with Crippen LogP contribution < -0.4 is 5.73 Å². The standard InChI is InChI=1S/C11H14N4O2/c1-6-14-9-3-7(8(12)4-10(16)17)5-13-11(9)15(6)2/h3,5,8H,4,12H2,1-2H3,(H,16,17). The van der Waals surface area contributed by atoms with Gasteiger partial charge in [-0.15, -0.1) is 0 Å². The van der Waals surface area contributed by atoms with E-state index in [0.29, 0.717) is 5.56 Å². The molecule has 0 saturated carbocycles. The van der Waals surface area contributed by atoms with Crippen molar-refractivity contribution in [3.05, 3.63) is 23.7 Å². The number of pyridine rings is 1. The van der Waals surface area contributed by atoms with Crippen LogP contribution in [0.15, 0.2) is 12.3 Å². The maximum absolute atomic E-state index is 10.6. The van der Waals surface area contributed by atoms with E-state index in [1.165, 1.54) is 0 Å². The van der Waals surface area contributed by atoms with Crippen molar-refractivity contribution in [1.82, 2.24) is 14.5 Å². The lowest BCUT2D eigenvalue weighted by atomic mass is 10.1. The lowest BCUT2D eigenvalue weighted by Crippen LogP contribution is -2.15. The minimum atomic E-state index is -0.921. The number of aliphatic carboxylic acids is 1. The van der Waals surface area contributed by atoms with Crippen LogP contribution in [-0.4, -0.2) is 25.6 Å². The number of carbonyl (C=O) groups is 1. The molecule has 0 radical (unpaired) electrons. The van der Waals surface area contributed by atoms with Gasteiger partial charge in [-0.3, -0.25) is 4.79 Å². The first-order valence-electron chi connectivity index (χ1n) is 5.25. The van der Waals surface area contributed by atoms with Gasteiger partial charge in [-0.05, 0) is 18.6 Å². The highest BCUT2D eigenvalue weighted by atomic mass is 16.4. The van der Waals surface area contributed by atoms with E-state index < -0.39 is 12.0 Å². The van der Waals surface area contributed by atoms with Gasteiger partial charge in [0, 0.05) is 19.3 Å². The van der Waals surface area contributed by atoms with E-state index >= 15 is 0 Å². The van der Waals surface area contributed by atoms with Gasteiger partial charge in [0.15, 0.2) is 5.65 Å². The van der Waals surface area contributed by atoms with Gasteiger partial charge >= 0.3 is 5.97 Å². The van der Waals surface area contributed by atoms with Crippen LogP contribution in [0.25, 0.3) is 11.2 Å². The molecule has 6 heteroatoms. The van der Waals surface area contributed by atoms with Gasteiger partial charge in [0.1, 0.15) is 11.3 Å². The first-order valence-corrected chi connectivity index (χ1v) is 5.25. The zero-order valence-electron chi connectivity index (χ0n) is 9.71. The third-order valence-corrected chi connectivity index (χ3v) is 2.78. The van der Waals surface area contributed by atoms with E-state index in [-0.39, 0.29) is 6.42 Å². The molecule has 3 N–H and O–H groups in total. The molecular weight excluding hydrogens is 220 g/mol. The smallest absolute Gasteiger partial charge is 0.305 e.